The molecule has 0 aliphatic heterocycles. The Kier molecular flexibility index (Phi) is 21.8. The summed E-state index contributed by atoms with van der Waals surface area (Å²) in [5.41, 5.74) is 20.4. The predicted molar refractivity (Wildman–Crippen MR) is 276 cm³/mol. The lowest BCUT2D eigenvalue weighted by molar-refractivity contribution is -0.141. The van der Waals surface area contributed by atoms with Gasteiger partial charge in [0.1, 0.15) is 36.0 Å². The van der Waals surface area contributed by atoms with Crippen LogP contribution in [-0.2, 0) is 68.8 Å². The summed E-state index contributed by atoms with van der Waals surface area (Å²) in [5, 5.41) is 35.3. The molecule has 22 nitrogen and oxygen atoms in total. The number of nitrogens with one attached hydrogen (secondary N) is 9. The number of para-hydroxylation sites is 1. The lowest BCUT2D eigenvalue weighted by atomic mass is 10.0. The molecule has 1 heterocycles. The summed E-state index contributed by atoms with van der Waals surface area (Å²) in [5.74, 6) is -8.02. The second-order valence-corrected chi connectivity index (χ2v) is 18.0. The van der Waals surface area contributed by atoms with Crippen LogP contribution in [0, 0.1) is 0 Å². The van der Waals surface area contributed by atoms with Gasteiger partial charge in [0.05, 0.1) is 25.0 Å². The minimum Gasteiger partial charge on any atom is -0.508 e. The van der Waals surface area contributed by atoms with Gasteiger partial charge in [0.25, 0.3) is 11.8 Å². The SMILES string of the molecule is CCCC[C@H](NC(=O)[C@H](N)Cc1c[nH]c2ccccc12)C(=O)N[C@@H](CC(=O)O)C(=O)N[C@@H](Cc1ccccc1)C(=O)NNC(=O)[C@H](Cc1ccccc1)NC(=O)CNC(=O)[C@@H](C)NC(=O)[C@@H](N)Cc1ccc(O)cc1. The fraction of sp³-hybridized carbons (Fsp3) is 0.340. The van der Waals surface area contributed by atoms with Gasteiger partial charge in [-0.1, -0.05) is 111 Å². The summed E-state index contributed by atoms with van der Waals surface area (Å²) >= 11 is 0. The van der Waals surface area contributed by atoms with Crippen LogP contribution in [-0.4, -0.2) is 117 Å². The molecule has 4 aromatic carbocycles. The maximum Gasteiger partial charge on any atom is 0.305 e. The molecule has 8 amide bonds. The van der Waals surface area contributed by atoms with E-state index in [0.29, 0.717) is 29.5 Å². The summed E-state index contributed by atoms with van der Waals surface area (Å²) in [6, 6.07) is 21.6. The zero-order chi connectivity index (χ0) is 54.4. The number of carboxylic acid groups (broad SMARTS) is 1. The summed E-state index contributed by atoms with van der Waals surface area (Å²) in [6.45, 7) is 2.64. The predicted octanol–water partition coefficient (Wildman–Crippen LogP) is 0.171. The smallest absolute Gasteiger partial charge is 0.305 e. The summed E-state index contributed by atoms with van der Waals surface area (Å²) in [6.07, 6.45) is 2.10. The van der Waals surface area contributed by atoms with Crippen molar-refractivity contribution in [3.63, 3.8) is 0 Å². The number of hydrazine groups is 1. The molecule has 22 heteroatoms. The van der Waals surface area contributed by atoms with E-state index in [0.717, 1.165) is 16.5 Å². The Balaban J connectivity index is 1.22. The lowest BCUT2D eigenvalue weighted by Gasteiger charge is -2.26. The van der Waals surface area contributed by atoms with Gasteiger partial charge in [0, 0.05) is 29.9 Å². The normalized spacial score (nSPS) is 13.8. The zero-order valence-electron chi connectivity index (χ0n) is 41.6. The molecule has 398 valence electrons. The molecule has 0 aliphatic rings. The van der Waals surface area contributed by atoms with E-state index in [1.165, 1.54) is 19.1 Å². The molecule has 0 unspecified atom stereocenters. The Morgan fingerprint density at radius 3 is 1.65 bits per heavy atom. The van der Waals surface area contributed by atoms with E-state index < -0.39 is 108 Å². The molecule has 0 radical (unpaired) electrons. The van der Waals surface area contributed by atoms with Crippen LogP contribution in [0.5, 0.6) is 5.75 Å². The number of phenols is 1. The van der Waals surface area contributed by atoms with E-state index in [2.05, 4.69) is 47.7 Å². The number of nitrogens with two attached hydrogens (primary N) is 2. The number of aromatic amines is 1. The summed E-state index contributed by atoms with van der Waals surface area (Å²) < 4.78 is 0. The molecule has 0 saturated heterocycles. The maximum absolute atomic E-state index is 14.0. The average Bonchev–Trinajstić information content (AvgIpc) is 3.80. The van der Waals surface area contributed by atoms with Gasteiger partial charge in [-0.05, 0) is 66.6 Å². The average molecular weight is 1030 g/mol. The fourth-order valence-electron chi connectivity index (χ4n) is 7.86. The van der Waals surface area contributed by atoms with Gasteiger partial charge in [-0.2, -0.15) is 0 Å². The quantitative estimate of drug-likeness (QED) is 0.0313. The van der Waals surface area contributed by atoms with Crippen LogP contribution in [0.3, 0.4) is 0 Å². The highest BCUT2D eigenvalue weighted by Crippen LogP contribution is 2.19. The highest BCUT2D eigenvalue weighted by atomic mass is 16.4. The molecule has 1 aromatic heterocycles. The van der Waals surface area contributed by atoms with E-state index in [9.17, 15) is 53.4 Å². The van der Waals surface area contributed by atoms with Gasteiger partial charge in [-0.25, -0.2) is 0 Å². The standard InChI is InChI=1S/C53H65N11O11/c1-3-4-18-41(60-49(71)39(55)27-35-29-56-40-19-12-11-17-37(35)40)50(72)62-44(28-46(67)68)51(73)61-43(26-33-15-9-6-10-16-33)53(75)64-63-52(74)42(25-32-13-7-5-8-14-32)59-45(66)30-57-47(69)31(2)58-48(70)38(54)24-34-20-22-36(65)23-21-34/h5-17,19-23,29,31,38-39,41-44,56,65H,3-4,18,24-28,30,54-55H2,1-2H3,(H,57,69)(H,58,70)(H,59,66)(H,60,71)(H,61,73)(H,62,72)(H,63,74)(H,64,75)(H,67,68)/t31-,38+,39-,41+,42+,43+,44+/m1/s1. The van der Waals surface area contributed by atoms with E-state index in [4.69, 9.17) is 11.5 Å². The Labute approximate surface area is 432 Å². The van der Waals surface area contributed by atoms with E-state index in [1.807, 2.05) is 31.2 Å². The van der Waals surface area contributed by atoms with Crippen molar-refractivity contribution in [3.05, 3.63) is 138 Å². The largest absolute Gasteiger partial charge is 0.508 e. The van der Waals surface area contributed by atoms with Crippen molar-refractivity contribution in [1.82, 2.24) is 47.7 Å². The van der Waals surface area contributed by atoms with Gasteiger partial charge in [0.2, 0.25) is 35.4 Å². The first-order valence-electron chi connectivity index (χ1n) is 24.4. The number of phenolic OH excluding ortho intramolecular Hbond substituents is 1. The minimum atomic E-state index is -1.74. The molecule has 5 aromatic rings. The topological polar surface area (TPSA) is 358 Å². The Bertz CT molecular complexity index is 2760. The molecule has 0 saturated carbocycles. The molecule has 7 atom stereocenters. The van der Waals surface area contributed by atoms with Crippen molar-refractivity contribution in [2.24, 2.45) is 11.5 Å². The number of benzene rings is 4. The lowest BCUT2D eigenvalue weighted by Crippen LogP contribution is -2.60. The second kappa shape index (κ2) is 28.6. The van der Waals surface area contributed by atoms with Crippen LogP contribution in [0.2, 0.25) is 0 Å². The first kappa shape index (κ1) is 57.3. The number of carbonyl (C=O) groups is 9. The van der Waals surface area contributed by atoms with Crippen molar-refractivity contribution in [1.29, 1.82) is 0 Å². The molecule has 0 fully saturated rings. The van der Waals surface area contributed by atoms with Crippen molar-refractivity contribution in [3.8, 4) is 5.75 Å². The molecule has 0 aliphatic carbocycles. The number of unbranched alkanes of at least 4 members (excludes halogenated alkanes) is 1. The summed E-state index contributed by atoms with van der Waals surface area (Å²) in [4.78, 5) is 123. The van der Waals surface area contributed by atoms with Crippen LogP contribution >= 0.6 is 0 Å². The third kappa shape index (κ3) is 18.4. The van der Waals surface area contributed by atoms with Crippen molar-refractivity contribution in [2.75, 3.05) is 6.54 Å². The van der Waals surface area contributed by atoms with Crippen molar-refractivity contribution < 1.29 is 53.4 Å². The van der Waals surface area contributed by atoms with Gasteiger partial charge >= 0.3 is 5.97 Å². The number of hydrogen-bond donors (Lipinski definition) is 13. The number of amides is 8. The van der Waals surface area contributed by atoms with Crippen molar-refractivity contribution >= 4 is 64.1 Å². The highest BCUT2D eigenvalue weighted by Gasteiger charge is 2.33. The molecule has 0 spiro atoms. The molecule has 0 bridgehead atoms. The number of rotatable bonds is 27. The Morgan fingerprint density at radius 1 is 0.547 bits per heavy atom. The zero-order valence-corrected chi connectivity index (χ0v) is 41.6. The Hall–Kier alpha value is -8.63. The fourth-order valence-corrected chi connectivity index (χ4v) is 7.86. The van der Waals surface area contributed by atoms with E-state index >= 15 is 0 Å². The molecule has 5 rings (SSSR count). The van der Waals surface area contributed by atoms with Gasteiger partial charge < -0.3 is 58.6 Å². The Morgan fingerprint density at radius 2 is 1.05 bits per heavy atom. The molecule has 15 N–H and O–H groups in total. The number of fused-ring (bicyclic) bond motifs is 1. The summed E-state index contributed by atoms with van der Waals surface area (Å²) in [7, 11) is 0. The number of H-pyrrole nitrogens is 1. The van der Waals surface area contributed by atoms with Crippen LogP contribution in [0.25, 0.3) is 10.9 Å². The molecular weight excluding hydrogens is 967 g/mol. The van der Waals surface area contributed by atoms with E-state index in [1.54, 1.807) is 79.0 Å². The van der Waals surface area contributed by atoms with E-state index in [-0.39, 0.29) is 37.9 Å². The first-order chi connectivity index (χ1) is 35.9. The second-order valence-electron chi connectivity index (χ2n) is 18.0. The van der Waals surface area contributed by atoms with Crippen LogP contribution in [0.15, 0.2) is 115 Å². The molecule has 75 heavy (non-hydrogen) atoms. The van der Waals surface area contributed by atoms with Crippen LogP contribution in [0.1, 0.15) is 61.8 Å². The van der Waals surface area contributed by atoms with Gasteiger partial charge in [-0.3, -0.25) is 54.0 Å². The monoisotopic (exact) mass is 1030 g/mol. The number of aromatic hydroxyl groups is 1. The van der Waals surface area contributed by atoms with Crippen LogP contribution < -0.4 is 54.2 Å². The third-order valence-electron chi connectivity index (χ3n) is 12.0. The third-order valence-corrected chi connectivity index (χ3v) is 12.0. The van der Waals surface area contributed by atoms with Gasteiger partial charge in [0.15, 0.2) is 0 Å². The number of aliphatic carboxylic acids is 1. The number of carboxylic acids is 1. The number of hydrogen-bond acceptors (Lipinski definition) is 12. The highest BCUT2D eigenvalue weighted by molar-refractivity contribution is 5.98. The number of aromatic nitrogens is 1. The molecular formula is C53H65N11O11. The van der Waals surface area contributed by atoms with Crippen molar-refractivity contribution in [2.45, 2.75) is 108 Å². The van der Waals surface area contributed by atoms with Crippen LogP contribution in [0.4, 0.5) is 0 Å². The van der Waals surface area contributed by atoms with Gasteiger partial charge in [-0.15, -0.1) is 0 Å². The first-order valence-corrected chi connectivity index (χ1v) is 24.4. The number of carbonyl (C=O) groups excluding carboxylic acids is 8. The minimum absolute atomic E-state index is 0.0468. The maximum atomic E-state index is 14.0.